The fourth-order valence-electron chi connectivity index (χ4n) is 5.21. The number of carbonyl (C=O) groups excluding carboxylic acids is 1. The predicted molar refractivity (Wildman–Crippen MR) is 122 cm³/mol. The molecule has 172 valence electrons. The second-order valence-corrected chi connectivity index (χ2v) is 9.56. The van der Waals surface area contributed by atoms with Crippen LogP contribution < -0.4 is 0 Å². The molecule has 4 rings (SSSR count). The number of likely N-dealkylation sites (N-methyl/N-ethyl adjacent to an activating group) is 1. The van der Waals surface area contributed by atoms with Crippen LogP contribution in [-0.4, -0.2) is 66.3 Å². The fourth-order valence-corrected chi connectivity index (χ4v) is 5.21. The number of likely N-dealkylation sites (tertiary alicyclic amines) is 1. The summed E-state index contributed by atoms with van der Waals surface area (Å²) in [6, 6.07) is 14.6. The minimum atomic E-state index is -0.955. The lowest BCUT2D eigenvalue weighted by molar-refractivity contribution is -0.141. The number of β-amino-alcohol motifs (C(OH)–C–C–N with tert-alkyl or cyclic N) is 1. The maximum atomic E-state index is 13.8. The van der Waals surface area contributed by atoms with E-state index in [1.807, 2.05) is 35.9 Å². The average molecular weight is 441 g/mol. The summed E-state index contributed by atoms with van der Waals surface area (Å²) in [5.41, 5.74) is 1.64. The number of hydrogen-bond donors (Lipinski definition) is 1. The molecular formula is C26H33FN2O3. The Balaban J connectivity index is 1.45. The Morgan fingerprint density at radius 3 is 2.56 bits per heavy atom. The van der Waals surface area contributed by atoms with Crippen LogP contribution in [0.5, 0.6) is 0 Å². The van der Waals surface area contributed by atoms with Gasteiger partial charge in [-0.05, 0) is 56.5 Å². The molecule has 2 fully saturated rings. The number of ether oxygens (including phenoxy) is 1. The summed E-state index contributed by atoms with van der Waals surface area (Å²) in [4.78, 5) is 17.7. The molecule has 1 N–H and O–H groups in total. The monoisotopic (exact) mass is 440 g/mol. The normalized spacial score (nSPS) is 23.0. The van der Waals surface area contributed by atoms with Crippen LogP contribution in [0.1, 0.15) is 36.0 Å². The van der Waals surface area contributed by atoms with Crippen molar-refractivity contribution >= 4 is 5.91 Å². The zero-order valence-electron chi connectivity index (χ0n) is 19.0. The van der Waals surface area contributed by atoms with Crippen molar-refractivity contribution in [2.75, 3.05) is 39.9 Å². The highest BCUT2D eigenvalue weighted by molar-refractivity contribution is 5.89. The number of hydrogen-bond acceptors (Lipinski definition) is 4. The van der Waals surface area contributed by atoms with Gasteiger partial charge in [0, 0.05) is 32.8 Å². The van der Waals surface area contributed by atoms with Crippen molar-refractivity contribution in [3.05, 3.63) is 71.0 Å². The first-order valence-corrected chi connectivity index (χ1v) is 11.4. The van der Waals surface area contributed by atoms with Gasteiger partial charge in [0.1, 0.15) is 5.82 Å². The molecule has 2 saturated heterocycles. The highest BCUT2D eigenvalue weighted by Crippen LogP contribution is 2.39. The molecule has 2 aliphatic rings. The van der Waals surface area contributed by atoms with Crippen molar-refractivity contribution in [3.8, 4) is 0 Å². The summed E-state index contributed by atoms with van der Waals surface area (Å²) in [6.45, 7) is 5.13. The van der Waals surface area contributed by atoms with Gasteiger partial charge in [0.15, 0.2) is 0 Å². The molecule has 0 unspecified atom stereocenters. The van der Waals surface area contributed by atoms with Gasteiger partial charge in [0.25, 0.3) is 0 Å². The zero-order valence-corrected chi connectivity index (χ0v) is 19.0. The smallest absolute Gasteiger partial charge is 0.233 e. The van der Waals surface area contributed by atoms with E-state index in [1.165, 1.54) is 12.1 Å². The van der Waals surface area contributed by atoms with Crippen LogP contribution in [0.4, 0.5) is 4.39 Å². The van der Waals surface area contributed by atoms with E-state index in [0.717, 1.165) is 16.7 Å². The Morgan fingerprint density at radius 2 is 1.88 bits per heavy atom. The highest BCUT2D eigenvalue weighted by Gasteiger charge is 2.48. The Morgan fingerprint density at radius 1 is 1.16 bits per heavy atom. The summed E-state index contributed by atoms with van der Waals surface area (Å²) in [7, 11) is 1.94. The molecule has 1 amide bonds. The molecule has 0 aromatic heterocycles. The molecule has 32 heavy (non-hydrogen) atoms. The molecule has 0 spiro atoms. The Bertz CT molecular complexity index is 942. The minimum absolute atomic E-state index is 0.100. The standard InChI is InChI=1S/C26H33FN2O3/c1-20-4-3-5-22(16-20)26(11-14-32-15-12-26)24(30)29-13-10-25(31,19-29)18-28(2)17-21-6-8-23(27)9-7-21/h3-9,16,31H,10-15,17-19H2,1-2H3/t25-/m0/s1. The molecule has 1 atom stereocenters. The quantitative estimate of drug-likeness (QED) is 0.749. The van der Waals surface area contributed by atoms with Gasteiger partial charge in [0.05, 0.1) is 17.6 Å². The van der Waals surface area contributed by atoms with Crippen LogP contribution >= 0.6 is 0 Å². The molecule has 0 radical (unpaired) electrons. The highest BCUT2D eigenvalue weighted by atomic mass is 19.1. The first kappa shape index (κ1) is 22.9. The molecule has 0 bridgehead atoms. The lowest BCUT2D eigenvalue weighted by Gasteiger charge is -2.39. The van der Waals surface area contributed by atoms with Crippen molar-refractivity contribution in [2.45, 2.75) is 43.7 Å². The lowest BCUT2D eigenvalue weighted by atomic mass is 9.72. The number of aryl methyl sites for hydroxylation is 1. The Labute approximate surface area is 189 Å². The largest absolute Gasteiger partial charge is 0.387 e. The number of rotatable bonds is 6. The van der Waals surface area contributed by atoms with Crippen molar-refractivity contribution < 1.29 is 19.0 Å². The molecule has 2 aromatic rings. The van der Waals surface area contributed by atoms with E-state index in [-0.39, 0.29) is 11.7 Å². The van der Waals surface area contributed by atoms with Gasteiger partial charge in [0.2, 0.25) is 5.91 Å². The number of aliphatic hydroxyl groups is 1. The number of halogens is 1. The number of nitrogens with zero attached hydrogens (tertiary/aromatic N) is 2. The second-order valence-electron chi connectivity index (χ2n) is 9.56. The van der Waals surface area contributed by atoms with Gasteiger partial charge in [-0.25, -0.2) is 4.39 Å². The van der Waals surface area contributed by atoms with Gasteiger partial charge in [-0.15, -0.1) is 0 Å². The van der Waals surface area contributed by atoms with E-state index in [0.29, 0.717) is 58.7 Å². The summed E-state index contributed by atoms with van der Waals surface area (Å²) in [5, 5.41) is 11.3. The second kappa shape index (κ2) is 9.30. The van der Waals surface area contributed by atoms with E-state index >= 15 is 0 Å². The average Bonchev–Trinajstić information content (AvgIpc) is 3.16. The maximum Gasteiger partial charge on any atom is 0.233 e. The predicted octanol–water partition coefficient (Wildman–Crippen LogP) is 3.28. The Kier molecular flexibility index (Phi) is 6.65. The first-order chi connectivity index (χ1) is 15.3. The van der Waals surface area contributed by atoms with E-state index in [9.17, 15) is 14.3 Å². The summed E-state index contributed by atoms with van der Waals surface area (Å²) in [6.07, 6.45) is 1.87. The topological polar surface area (TPSA) is 53.0 Å². The molecule has 2 heterocycles. The fraction of sp³-hybridized carbons (Fsp3) is 0.500. The molecule has 6 heteroatoms. The van der Waals surface area contributed by atoms with Gasteiger partial charge in [-0.3, -0.25) is 9.69 Å². The third-order valence-corrected chi connectivity index (χ3v) is 6.88. The van der Waals surface area contributed by atoms with E-state index in [2.05, 4.69) is 12.1 Å². The molecular weight excluding hydrogens is 407 g/mol. The van der Waals surface area contributed by atoms with Crippen LogP contribution in [0, 0.1) is 12.7 Å². The minimum Gasteiger partial charge on any atom is -0.387 e. The summed E-state index contributed by atoms with van der Waals surface area (Å²) in [5.74, 6) is -0.154. The molecule has 2 aliphatic heterocycles. The van der Waals surface area contributed by atoms with Gasteiger partial charge in [-0.1, -0.05) is 42.0 Å². The number of benzene rings is 2. The molecule has 5 nitrogen and oxygen atoms in total. The third kappa shape index (κ3) is 4.87. The zero-order chi connectivity index (χ0) is 22.8. The number of carbonyl (C=O) groups is 1. The van der Waals surface area contributed by atoms with Gasteiger partial charge in [-0.2, -0.15) is 0 Å². The van der Waals surface area contributed by atoms with Crippen LogP contribution in [0.3, 0.4) is 0 Å². The van der Waals surface area contributed by atoms with Gasteiger partial charge >= 0.3 is 0 Å². The van der Waals surface area contributed by atoms with Crippen molar-refractivity contribution in [2.24, 2.45) is 0 Å². The number of amides is 1. The van der Waals surface area contributed by atoms with Gasteiger partial charge < -0.3 is 14.7 Å². The molecule has 0 aliphatic carbocycles. The van der Waals surface area contributed by atoms with E-state index in [1.54, 1.807) is 12.1 Å². The van der Waals surface area contributed by atoms with Crippen molar-refractivity contribution in [1.29, 1.82) is 0 Å². The third-order valence-electron chi connectivity index (χ3n) is 6.88. The van der Waals surface area contributed by atoms with Crippen LogP contribution in [0.15, 0.2) is 48.5 Å². The molecule has 0 saturated carbocycles. The van der Waals surface area contributed by atoms with Crippen molar-refractivity contribution in [3.63, 3.8) is 0 Å². The van der Waals surface area contributed by atoms with Crippen LogP contribution in [0.2, 0.25) is 0 Å². The van der Waals surface area contributed by atoms with Crippen molar-refractivity contribution in [1.82, 2.24) is 9.80 Å². The maximum absolute atomic E-state index is 13.8. The SMILES string of the molecule is Cc1cccc(C2(C(=O)N3CC[C@](O)(CN(C)Cc4ccc(F)cc4)C3)CCOCC2)c1. The van der Waals surface area contributed by atoms with E-state index < -0.39 is 11.0 Å². The lowest BCUT2D eigenvalue weighted by Crippen LogP contribution is -2.51. The van der Waals surface area contributed by atoms with E-state index in [4.69, 9.17) is 4.74 Å². The first-order valence-electron chi connectivity index (χ1n) is 11.4. The molecule has 2 aromatic carbocycles. The van der Waals surface area contributed by atoms with Crippen LogP contribution in [-0.2, 0) is 21.5 Å². The Hall–Kier alpha value is -2.28. The van der Waals surface area contributed by atoms with Crippen LogP contribution in [0.25, 0.3) is 0 Å². The summed E-state index contributed by atoms with van der Waals surface area (Å²) >= 11 is 0. The summed E-state index contributed by atoms with van der Waals surface area (Å²) < 4.78 is 18.8.